The molecular weight excluding hydrogens is 299 g/mol. The van der Waals surface area contributed by atoms with Gasteiger partial charge in [-0.25, -0.2) is 0 Å². The second-order valence-electron chi connectivity index (χ2n) is 5.24. The first-order chi connectivity index (χ1) is 9.63. The highest BCUT2D eigenvalue weighted by Crippen LogP contribution is 2.34. The van der Waals surface area contributed by atoms with E-state index in [1.807, 2.05) is 0 Å². The minimum Gasteiger partial charge on any atom is -0.373 e. The van der Waals surface area contributed by atoms with E-state index < -0.39 is 0 Å². The van der Waals surface area contributed by atoms with Gasteiger partial charge in [0.15, 0.2) is 0 Å². The molecule has 108 valence electrons. The maximum Gasteiger partial charge on any atom is 0.238 e. The van der Waals surface area contributed by atoms with Crippen LogP contribution in [-0.4, -0.2) is 30.7 Å². The summed E-state index contributed by atoms with van der Waals surface area (Å²) in [5.74, 6) is -0.150. The molecule has 0 radical (unpaired) electrons. The number of carbonyl (C=O) groups excluding carboxylic acids is 1. The van der Waals surface area contributed by atoms with E-state index in [4.69, 9.17) is 27.9 Å². The Kier molecular flexibility index (Phi) is 4.17. The maximum absolute atomic E-state index is 11.9. The van der Waals surface area contributed by atoms with Crippen LogP contribution in [-0.2, 0) is 9.53 Å². The summed E-state index contributed by atoms with van der Waals surface area (Å²) in [5, 5.41) is 6.87. The number of halogens is 2. The highest BCUT2D eigenvalue weighted by atomic mass is 35.5. The van der Waals surface area contributed by atoms with Crippen molar-refractivity contribution in [2.75, 3.05) is 11.9 Å². The van der Waals surface area contributed by atoms with E-state index in [9.17, 15) is 4.79 Å². The lowest BCUT2D eigenvalue weighted by atomic mass is 9.95. The average Bonchev–Trinajstić information content (AvgIpc) is 3.03. The van der Waals surface area contributed by atoms with Gasteiger partial charge < -0.3 is 15.4 Å². The lowest BCUT2D eigenvalue weighted by Crippen LogP contribution is -2.41. The molecule has 0 saturated carbocycles. The predicted molar refractivity (Wildman–Crippen MR) is 79.4 cm³/mol. The summed E-state index contributed by atoms with van der Waals surface area (Å²) in [6, 6.07) is 5.41. The number of fused-ring (bicyclic) bond motifs is 2. The van der Waals surface area contributed by atoms with Crippen molar-refractivity contribution in [2.45, 2.75) is 37.5 Å². The number of hydrogen-bond donors (Lipinski definition) is 2. The van der Waals surface area contributed by atoms with Crippen LogP contribution in [0.15, 0.2) is 18.2 Å². The zero-order chi connectivity index (χ0) is 14.1. The van der Waals surface area contributed by atoms with Gasteiger partial charge in [0.2, 0.25) is 5.91 Å². The van der Waals surface area contributed by atoms with Crippen LogP contribution < -0.4 is 10.6 Å². The van der Waals surface area contributed by atoms with Gasteiger partial charge in [0, 0.05) is 6.04 Å². The summed E-state index contributed by atoms with van der Waals surface area (Å²) in [6.45, 7) is 0.235. The highest BCUT2D eigenvalue weighted by molar-refractivity contribution is 6.39. The monoisotopic (exact) mass is 314 g/mol. The number of amides is 1. The summed E-state index contributed by atoms with van der Waals surface area (Å²) in [5.41, 5.74) is 0.465. The molecule has 4 nitrogen and oxygen atoms in total. The molecule has 0 aliphatic carbocycles. The van der Waals surface area contributed by atoms with E-state index in [1.165, 1.54) is 0 Å². The van der Waals surface area contributed by atoms with Crippen LogP contribution in [0.2, 0.25) is 10.0 Å². The fraction of sp³-hybridized carbons (Fsp3) is 0.500. The van der Waals surface area contributed by atoms with Crippen LogP contribution in [0.1, 0.15) is 19.3 Å². The van der Waals surface area contributed by atoms with Gasteiger partial charge >= 0.3 is 0 Å². The van der Waals surface area contributed by atoms with E-state index in [0.29, 0.717) is 21.8 Å². The molecule has 3 rings (SSSR count). The van der Waals surface area contributed by atoms with Crippen molar-refractivity contribution in [3.63, 3.8) is 0 Å². The number of carbonyl (C=O) groups is 1. The van der Waals surface area contributed by atoms with Gasteiger partial charge in [0.25, 0.3) is 0 Å². The molecule has 2 aliphatic rings. The molecule has 1 aromatic carbocycles. The summed E-state index contributed by atoms with van der Waals surface area (Å²) >= 11 is 12.0. The molecule has 1 aromatic rings. The Balaban J connectivity index is 1.53. The van der Waals surface area contributed by atoms with Crippen LogP contribution in [0.3, 0.4) is 0 Å². The minimum absolute atomic E-state index is 0.150. The van der Waals surface area contributed by atoms with Crippen molar-refractivity contribution >= 4 is 34.8 Å². The van der Waals surface area contributed by atoms with Gasteiger partial charge in [0.05, 0.1) is 34.5 Å². The molecule has 3 unspecified atom stereocenters. The third-order valence-electron chi connectivity index (χ3n) is 3.86. The third-order valence-corrected chi connectivity index (χ3v) is 4.49. The molecule has 2 fully saturated rings. The summed E-state index contributed by atoms with van der Waals surface area (Å²) in [4.78, 5) is 11.9. The lowest BCUT2D eigenvalue weighted by molar-refractivity contribution is -0.115. The topological polar surface area (TPSA) is 50.4 Å². The van der Waals surface area contributed by atoms with Crippen molar-refractivity contribution in [2.24, 2.45) is 0 Å². The number of anilines is 1. The molecule has 0 spiro atoms. The Hall–Kier alpha value is -0.810. The molecule has 2 aliphatic heterocycles. The van der Waals surface area contributed by atoms with Crippen molar-refractivity contribution < 1.29 is 9.53 Å². The first-order valence-corrected chi connectivity index (χ1v) is 7.52. The van der Waals surface area contributed by atoms with E-state index in [-0.39, 0.29) is 24.6 Å². The van der Waals surface area contributed by atoms with Crippen molar-refractivity contribution in [1.29, 1.82) is 0 Å². The lowest BCUT2D eigenvalue weighted by Gasteiger charge is -2.20. The van der Waals surface area contributed by atoms with E-state index >= 15 is 0 Å². The normalized spacial score (nSPS) is 27.8. The minimum atomic E-state index is -0.150. The molecular formula is C14H16Cl2N2O2. The molecule has 2 N–H and O–H groups in total. The first-order valence-electron chi connectivity index (χ1n) is 6.76. The predicted octanol–water partition coefficient (Wildman–Crippen LogP) is 2.84. The van der Waals surface area contributed by atoms with Gasteiger partial charge in [-0.05, 0) is 31.4 Å². The fourth-order valence-corrected chi connectivity index (χ4v) is 3.37. The summed E-state index contributed by atoms with van der Waals surface area (Å²) in [7, 11) is 0. The Morgan fingerprint density at radius 3 is 2.65 bits per heavy atom. The van der Waals surface area contributed by atoms with Crippen LogP contribution in [0, 0.1) is 0 Å². The molecule has 3 atom stereocenters. The van der Waals surface area contributed by atoms with E-state index in [1.54, 1.807) is 18.2 Å². The molecule has 1 amide bonds. The van der Waals surface area contributed by atoms with Crippen LogP contribution in [0.25, 0.3) is 0 Å². The second kappa shape index (κ2) is 5.90. The van der Waals surface area contributed by atoms with Crippen molar-refractivity contribution in [1.82, 2.24) is 5.32 Å². The van der Waals surface area contributed by atoms with Gasteiger partial charge in [-0.3, -0.25) is 4.79 Å². The standard InChI is InChI=1S/C14H16Cl2N2O2/c15-9-2-1-3-10(16)14(9)18-13(19)7-17-11-6-8-4-5-12(11)20-8/h1-3,8,11-12,17H,4-7H2,(H,18,19). The zero-order valence-corrected chi connectivity index (χ0v) is 12.4. The quantitative estimate of drug-likeness (QED) is 0.898. The largest absolute Gasteiger partial charge is 0.373 e. The van der Waals surface area contributed by atoms with Gasteiger partial charge in [-0.15, -0.1) is 0 Å². The first kappa shape index (κ1) is 14.1. The van der Waals surface area contributed by atoms with Crippen molar-refractivity contribution in [3.05, 3.63) is 28.2 Å². The van der Waals surface area contributed by atoms with Gasteiger partial charge in [-0.1, -0.05) is 29.3 Å². The van der Waals surface area contributed by atoms with Crippen LogP contribution in [0.4, 0.5) is 5.69 Å². The van der Waals surface area contributed by atoms with Crippen LogP contribution in [0.5, 0.6) is 0 Å². The SMILES string of the molecule is O=C(CNC1CC2CCC1O2)Nc1c(Cl)cccc1Cl. The van der Waals surface area contributed by atoms with E-state index in [0.717, 1.165) is 19.3 Å². The number of benzene rings is 1. The average molecular weight is 315 g/mol. The summed E-state index contributed by atoms with van der Waals surface area (Å²) in [6.07, 6.45) is 3.85. The smallest absolute Gasteiger partial charge is 0.238 e. The molecule has 2 saturated heterocycles. The Bertz CT molecular complexity index is 504. The number of ether oxygens (including phenoxy) is 1. The highest BCUT2D eigenvalue weighted by Gasteiger charge is 2.40. The summed E-state index contributed by atoms with van der Waals surface area (Å²) < 4.78 is 5.74. The zero-order valence-electron chi connectivity index (χ0n) is 10.9. The molecule has 6 heteroatoms. The van der Waals surface area contributed by atoms with E-state index in [2.05, 4.69) is 10.6 Å². The third kappa shape index (κ3) is 2.93. The number of nitrogens with one attached hydrogen (secondary N) is 2. The molecule has 20 heavy (non-hydrogen) atoms. The number of rotatable bonds is 4. The Morgan fingerprint density at radius 2 is 2.05 bits per heavy atom. The van der Waals surface area contributed by atoms with Gasteiger partial charge in [0.1, 0.15) is 0 Å². The second-order valence-corrected chi connectivity index (χ2v) is 6.06. The number of hydrogen-bond acceptors (Lipinski definition) is 3. The maximum atomic E-state index is 11.9. The molecule has 2 heterocycles. The Labute approximate surface area is 127 Å². The van der Waals surface area contributed by atoms with Crippen molar-refractivity contribution in [3.8, 4) is 0 Å². The molecule has 2 bridgehead atoms. The fourth-order valence-electron chi connectivity index (χ4n) is 2.88. The number of para-hydroxylation sites is 1. The molecule has 0 aromatic heterocycles. The van der Waals surface area contributed by atoms with Crippen LogP contribution >= 0.6 is 23.2 Å². The van der Waals surface area contributed by atoms with Gasteiger partial charge in [-0.2, -0.15) is 0 Å². The Morgan fingerprint density at radius 1 is 1.30 bits per heavy atom.